The summed E-state index contributed by atoms with van der Waals surface area (Å²) in [6.07, 6.45) is 20.4. The lowest BCUT2D eigenvalue weighted by atomic mass is 9.33. The van der Waals surface area contributed by atoms with E-state index in [1.54, 1.807) is 7.05 Å². The average molecular weight is 806 g/mol. The molecule has 10 atom stereocenters. The van der Waals surface area contributed by atoms with Crippen molar-refractivity contribution in [3.05, 3.63) is 35.5 Å². The molecule has 5 fully saturated rings. The Kier molecular flexibility index (Phi) is 10.3. The lowest BCUT2D eigenvalue weighted by Gasteiger charge is -2.72. The molecule has 1 aliphatic heterocycles. The van der Waals surface area contributed by atoms with Gasteiger partial charge in [-0.15, -0.1) is 0 Å². The van der Waals surface area contributed by atoms with Gasteiger partial charge in [0.1, 0.15) is 21.9 Å². The largest absolute Gasteiger partial charge is 0.481 e. The molecule has 7 aliphatic rings. The molecule has 10 nitrogen and oxygen atoms in total. The molecule has 0 bridgehead atoms. The van der Waals surface area contributed by atoms with Crippen LogP contribution in [0.5, 0.6) is 6.01 Å². The van der Waals surface area contributed by atoms with E-state index < -0.39 is 21.2 Å². The first-order valence-corrected chi connectivity index (χ1v) is 24.2. The van der Waals surface area contributed by atoms with Crippen LogP contribution in [0.2, 0.25) is 0 Å². The van der Waals surface area contributed by atoms with Crippen LogP contribution in [-0.2, 0) is 21.7 Å². The van der Waals surface area contributed by atoms with Gasteiger partial charge >= 0.3 is 12.0 Å². The third-order valence-electron chi connectivity index (χ3n) is 18.8. The van der Waals surface area contributed by atoms with E-state index in [2.05, 4.69) is 81.1 Å². The number of hydrogen-bond donors (Lipinski definition) is 2. The summed E-state index contributed by atoms with van der Waals surface area (Å²) in [5, 5.41) is 26.0. The lowest BCUT2D eigenvalue weighted by Crippen LogP contribution is -2.68. The minimum absolute atomic E-state index is 0.00734. The molecule has 8 rings (SSSR count). The summed E-state index contributed by atoms with van der Waals surface area (Å²) in [6, 6.07) is 0.239. The second-order valence-corrected chi connectivity index (χ2v) is 23.9. The quantitative estimate of drug-likeness (QED) is 0.223. The van der Waals surface area contributed by atoms with Gasteiger partial charge in [-0.3, -0.25) is 4.79 Å². The van der Waals surface area contributed by atoms with E-state index in [9.17, 15) is 18.3 Å². The number of allylic oxidation sites excluding steroid dienone is 5. The second-order valence-electron chi connectivity index (χ2n) is 21.6. The fourth-order valence-corrected chi connectivity index (χ4v) is 17.0. The summed E-state index contributed by atoms with van der Waals surface area (Å²) >= 11 is 0. The van der Waals surface area contributed by atoms with E-state index in [0.29, 0.717) is 59.9 Å². The maximum atomic E-state index is 12.7. The van der Waals surface area contributed by atoms with Crippen LogP contribution in [0.1, 0.15) is 138 Å². The summed E-state index contributed by atoms with van der Waals surface area (Å²) in [5.41, 5.74) is 4.03. The van der Waals surface area contributed by atoms with Crippen LogP contribution < -0.4 is 10.1 Å². The standard InChI is InChI=1S/C46H71N5O5S/c1-30(2)33-13-23-46(47-26-16-31-17-27-57(54,55)28-18-31)25-24-43(6)35(38(33)46)9-10-37-42(5)19-14-34(41(3,4)36(42)15-20-44(37,43)7)32-11-21-45(22-12-32,39(52)53)29-56-40-48-49-50-51(40)8/h11,14,31,33,35-38,47H,1,9-10,12-13,15-29H2,2-8H3,(H,52,53)/t33-,35+,36-,37+,38+,42-,43+,44+,45?,46-/m0/s1. The van der Waals surface area contributed by atoms with Crippen LogP contribution in [-0.4, -0.2) is 69.9 Å². The van der Waals surface area contributed by atoms with Gasteiger partial charge in [-0.2, -0.15) is 4.68 Å². The molecule has 0 aromatic carbocycles. The Bertz CT molecular complexity index is 1920. The number of ether oxygens (including phenoxy) is 1. The minimum Gasteiger partial charge on any atom is -0.481 e. The van der Waals surface area contributed by atoms with E-state index in [0.717, 1.165) is 38.6 Å². The van der Waals surface area contributed by atoms with Crippen molar-refractivity contribution in [2.24, 2.45) is 69.6 Å². The molecule has 4 saturated carbocycles. The molecule has 2 N–H and O–H groups in total. The number of carboxylic acid groups (broad SMARTS) is 1. The fourth-order valence-electron chi connectivity index (χ4n) is 15.4. The highest BCUT2D eigenvalue weighted by Crippen LogP contribution is 2.76. The topological polar surface area (TPSA) is 136 Å². The maximum absolute atomic E-state index is 12.7. The van der Waals surface area contributed by atoms with Gasteiger partial charge in [0.05, 0.1) is 11.5 Å². The van der Waals surface area contributed by atoms with Crippen LogP contribution in [0.4, 0.5) is 0 Å². The summed E-state index contributed by atoms with van der Waals surface area (Å²) in [7, 11) is -1.14. The number of aliphatic carboxylic acids is 1. The zero-order valence-corrected chi connectivity index (χ0v) is 36.9. The smallest absolute Gasteiger partial charge is 0.335 e. The third-order valence-corrected chi connectivity index (χ3v) is 20.5. The number of aryl methyl sites for hydroxylation is 1. The van der Waals surface area contributed by atoms with Crippen molar-refractivity contribution in [3.8, 4) is 6.01 Å². The first kappa shape index (κ1) is 41.2. The van der Waals surface area contributed by atoms with E-state index in [4.69, 9.17) is 4.74 Å². The van der Waals surface area contributed by atoms with Crippen LogP contribution in [0.25, 0.3) is 0 Å². The minimum atomic E-state index is -2.83. The SMILES string of the molecule is C=C(C)[C@@H]1CC[C@]2(NCCC3CCS(=O)(=O)CC3)CC[C@]3(C)[C@H](CC[C@@H]4[C@@]5(C)CC=C(C6=CCC(COc7nnnn7C)(C(=O)O)CC6)C(C)(C)[C@@H]5CC[C@]43C)[C@@H]12. The molecular formula is C46H71N5O5S. The summed E-state index contributed by atoms with van der Waals surface area (Å²) in [6.45, 7) is 21.0. The number of carboxylic acids is 1. The van der Waals surface area contributed by atoms with Gasteiger partial charge in [0.15, 0.2) is 0 Å². The Morgan fingerprint density at radius 1 is 0.947 bits per heavy atom. The Balaban J connectivity index is 1.01. The van der Waals surface area contributed by atoms with E-state index >= 15 is 0 Å². The first-order chi connectivity index (χ1) is 26.8. The highest BCUT2D eigenvalue weighted by atomic mass is 32.2. The molecule has 6 aliphatic carbocycles. The van der Waals surface area contributed by atoms with Crippen molar-refractivity contribution < 1.29 is 23.1 Å². The highest BCUT2D eigenvalue weighted by molar-refractivity contribution is 7.91. The molecule has 316 valence electrons. The van der Waals surface area contributed by atoms with Crippen molar-refractivity contribution in [3.63, 3.8) is 0 Å². The number of nitrogens with zero attached hydrogens (tertiary/aromatic N) is 4. The normalized spacial score (nSPS) is 42.4. The number of tetrazole rings is 1. The van der Waals surface area contributed by atoms with Crippen molar-refractivity contribution in [2.75, 3.05) is 24.7 Å². The van der Waals surface area contributed by atoms with Crippen molar-refractivity contribution in [1.82, 2.24) is 25.5 Å². The predicted octanol–water partition coefficient (Wildman–Crippen LogP) is 8.52. The zero-order chi connectivity index (χ0) is 40.8. The number of sulfone groups is 1. The predicted molar refractivity (Wildman–Crippen MR) is 223 cm³/mol. The molecule has 1 aromatic heterocycles. The summed E-state index contributed by atoms with van der Waals surface area (Å²) < 4.78 is 31.5. The third kappa shape index (κ3) is 6.51. The Labute approximate surface area is 342 Å². The van der Waals surface area contributed by atoms with Crippen molar-refractivity contribution >= 4 is 15.8 Å². The molecular weight excluding hydrogens is 735 g/mol. The van der Waals surface area contributed by atoms with Crippen LogP contribution in [0, 0.1) is 62.6 Å². The molecule has 0 spiro atoms. The summed E-state index contributed by atoms with van der Waals surface area (Å²) in [5.74, 6) is 3.48. The van der Waals surface area contributed by atoms with E-state index in [1.807, 2.05) is 0 Å². The summed E-state index contributed by atoms with van der Waals surface area (Å²) in [4.78, 5) is 12.7. The van der Waals surface area contributed by atoms with Crippen LogP contribution in [0.15, 0.2) is 35.5 Å². The van der Waals surface area contributed by atoms with E-state index in [1.165, 1.54) is 72.8 Å². The van der Waals surface area contributed by atoms with Crippen LogP contribution >= 0.6 is 0 Å². The fraction of sp³-hybridized carbons (Fsp3) is 0.826. The molecule has 1 unspecified atom stereocenters. The molecule has 0 radical (unpaired) electrons. The molecule has 1 aromatic rings. The van der Waals surface area contributed by atoms with E-state index in [-0.39, 0.29) is 39.8 Å². The molecule has 57 heavy (non-hydrogen) atoms. The Morgan fingerprint density at radius 3 is 2.35 bits per heavy atom. The monoisotopic (exact) mass is 806 g/mol. The van der Waals surface area contributed by atoms with Gasteiger partial charge in [0, 0.05) is 12.6 Å². The van der Waals surface area contributed by atoms with Gasteiger partial charge in [0.25, 0.3) is 0 Å². The maximum Gasteiger partial charge on any atom is 0.335 e. The first-order valence-electron chi connectivity index (χ1n) is 22.4. The van der Waals surface area contributed by atoms with Gasteiger partial charge < -0.3 is 15.2 Å². The number of carbonyl (C=O) groups is 1. The average Bonchev–Trinajstić information content (AvgIpc) is 3.75. The number of aromatic nitrogens is 4. The number of nitrogens with one attached hydrogen (secondary N) is 1. The van der Waals surface area contributed by atoms with Gasteiger partial charge in [0.2, 0.25) is 0 Å². The lowest BCUT2D eigenvalue weighted by molar-refractivity contribution is -0.221. The molecule has 2 heterocycles. The van der Waals surface area contributed by atoms with Crippen LogP contribution in [0.3, 0.4) is 0 Å². The highest BCUT2D eigenvalue weighted by Gasteiger charge is 2.70. The van der Waals surface area contributed by atoms with Gasteiger partial charge in [-0.05, 0) is 189 Å². The van der Waals surface area contributed by atoms with Crippen molar-refractivity contribution in [1.29, 1.82) is 0 Å². The molecule has 0 amide bonds. The van der Waals surface area contributed by atoms with Gasteiger partial charge in [-0.1, -0.05) is 64.0 Å². The number of fused-ring (bicyclic) bond motifs is 7. The van der Waals surface area contributed by atoms with Crippen molar-refractivity contribution in [2.45, 2.75) is 143 Å². The number of hydrogen-bond acceptors (Lipinski definition) is 8. The number of rotatable bonds is 10. The molecule has 1 saturated heterocycles. The second kappa shape index (κ2) is 14.3. The zero-order valence-electron chi connectivity index (χ0n) is 36.0. The Hall–Kier alpha value is -2.53. The Morgan fingerprint density at radius 2 is 1.70 bits per heavy atom. The van der Waals surface area contributed by atoms with Gasteiger partial charge in [-0.25, -0.2) is 8.42 Å². The molecule has 11 heteroatoms.